The largest absolute Gasteiger partial charge is 0.378 e. The first-order chi connectivity index (χ1) is 8.24. The Morgan fingerprint density at radius 1 is 1.41 bits per heavy atom. The summed E-state index contributed by atoms with van der Waals surface area (Å²) in [4.78, 5) is 2.22. The lowest BCUT2D eigenvalue weighted by molar-refractivity contribution is 0.0645. The van der Waals surface area contributed by atoms with Crippen molar-refractivity contribution in [1.29, 1.82) is 0 Å². The molecule has 3 nitrogen and oxygen atoms in total. The van der Waals surface area contributed by atoms with Gasteiger partial charge in [0.2, 0.25) is 0 Å². The van der Waals surface area contributed by atoms with Crippen molar-refractivity contribution in [3.63, 3.8) is 0 Å². The molecular formula is C13H19FN2O. The van der Waals surface area contributed by atoms with Crippen LogP contribution in [0.3, 0.4) is 0 Å². The van der Waals surface area contributed by atoms with Gasteiger partial charge in [0.05, 0.1) is 13.2 Å². The SMILES string of the molecule is CN(Cc1ccc(F)cc1)CC1COCCN1. The Balaban J connectivity index is 1.79. The molecule has 1 unspecified atom stereocenters. The van der Waals surface area contributed by atoms with Gasteiger partial charge in [-0.1, -0.05) is 12.1 Å². The van der Waals surface area contributed by atoms with Crippen molar-refractivity contribution in [1.82, 2.24) is 10.2 Å². The van der Waals surface area contributed by atoms with E-state index in [1.54, 1.807) is 0 Å². The molecule has 0 bridgehead atoms. The Morgan fingerprint density at radius 3 is 2.82 bits per heavy atom. The fourth-order valence-corrected chi connectivity index (χ4v) is 2.08. The van der Waals surface area contributed by atoms with Crippen LogP contribution in [-0.2, 0) is 11.3 Å². The molecule has 1 saturated heterocycles. The van der Waals surface area contributed by atoms with E-state index in [4.69, 9.17) is 4.74 Å². The van der Waals surface area contributed by atoms with Crippen LogP contribution in [0.25, 0.3) is 0 Å². The molecule has 1 fully saturated rings. The summed E-state index contributed by atoms with van der Waals surface area (Å²) in [6.07, 6.45) is 0. The van der Waals surface area contributed by atoms with E-state index in [-0.39, 0.29) is 5.82 Å². The second-order valence-electron chi connectivity index (χ2n) is 4.55. The maximum atomic E-state index is 12.8. The zero-order chi connectivity index (χ0) is 12.1. The van der Waals surface area contributed by atoms with E-state index >= 15 is 0 Å². The first kappa shape index (κ1) is 12.5. The maximum absolute atomic E-state index is 12.8. The predicted molar refractivity (Wildman–Crippen MR) is 65.3 cm³/mol. The lowest BCUT2D eigenvalue weighted by atomic mass is 10.2. The molecule has 0 spiro atoms. The van der Waals surface area contributed by atoms with Crippen molar-refractivity contribution in [2.24, 2.45) is 0 Å². The molecule has 4 heteroatoms. The molecule has 0 aliphatic carbocycles. The van der Waals surface area contributed by atoms with Gasteiger partial charge in [0.1, 0.15) is 5.82 Å². The fourth-order valence-electron chi connectivity index (χ4n) is 2.08. The van der Waals surface area contributed by atoms with Crippen molar-refractivity contribution in [3.05, 3.63) is 35.6 Å². The topological polar surface area (TPSA) is 24.5 Å². The highest BCUT2D eigenvalue weighted by atomic mass is 19.1. The lowest BCUT2D eigenvalue weighted by Gasteiger charge is -2.28. The molecule has 1 aliphatic rings. The van der Waals surface area contributed by atoms with Crippen LogP contribution >= 0.6 is 0 Å². The van der Waals surface area contributed by atoms with Crippen molar-refractivity contribution < 1.29 is 9.13 Å². The summed E-state index contributed by atoms with van der Waals surface area (Å²) >= 11 is 0. The van der Waals surface area contributed by atoms with Gasteiger partial charge in [0.25, 0.3) is 0 Å². The molecule has 17 heavy (non-hydrogen) atoms. The number of benzene rings is 1. The standard InChI is InChI=1S/C13H19FN2O/c1-16(9-13-10-17-7-6-15-13)8-11-2-4-12(14)5-3-11/h2-5,13,15H,6-10H2,1H3. The van der Waals surface area contributed by atoms with E-state index in [0.717, 1.165) is 38.4 Å². The molecule has 2 rings (SSSR count). The van der Waals surface area contributed by atoms with E-state index in [0.29, 0.717) is 6.04 Å². The number of likely N-dealkylation sites (N-methyl/N-ethyl adjacent to an activating group) is 1. The van der Waals surface area contributed by atoms with Gasteiger partial charge < -0.3 is 15.0 Å². The Bertz CT molecular complexity index is 336. The smallest absolute Gasteiger partial charge is 0.123 e. The Labute approximate surface area is 102 Å². The van der Waals surface area contributed by atoms with Crippen LogP contribution in [0.4, 0.5) is 4.39 Å². The maximum Gasteiger partial charge on any atom is 0.123 e. The molecule has 1 aliphatic heterocycles. The summed E-state index contributed by atoms with van der Waals surface area (Å²) < 4.78 is 18.2. The minimum atomic E-state index is -0.182. The number of hydrogen-bond donors (Lipinski definition) is 1. The average Bonchev–Trinajstić information content (AvgIpc) is 2.33. The monoisotopic (exact) mass is 238 g/mol. The molecule has 1 N–H and O–H groups in total. The molecule has 0 radical (unpaired) electrons. The first-order valence-corrected chi connectivity index (χ1v) is 5.98. The van der Waals surface area contributed by atoms with E-state index in [2.05, 4.69) is 17.3 Å². The highest BCUT2D eigenvalue weighted by Crippen LogP contribution is 2.06. The summed E-state index contributed by atoms with van der Waals surface area (Å²) in [5.41, 5.74) is 1.13. The van der Waals surface area contributed by atoms with Gasteiger partial charge in [0.15, 0.2) is 0 Å². The molecule has 1 aromatic carbocycles. The van der Waals surface area contributed by atoms with Crippen molar-refractivity contribution in [3.8, 4) is 0 Å². The summed E-state index contributed by atoms with van der Waals surface area (Å²) in [6.45, 7) is 4.27. The predicted octanol–water partition coefficient (Wildman–Crippen LogP) is 1.25. The molecule has 94 valence electrons. The van der Waals surface area contributed by atoms with Crippen LogP contribution in [-0.4, -0.2) is 44.3 Å². The Kier molecular flexibility index (Phi) is 4.48. The average molecular weight is 238 g/mol. The minimum Gasteiger partial charge on any atom is -0.378 e. The van der Waals surface area contributed by atoms with Crippen LogP contribution < -0.4 is 5.32 Å². The summed E-state index contributed by atoms with van der Waals surface area (Å²) in [5.74, 6) is -0.182. The third-order valence-electron chi connectivity index (χ3n) is 2.90. The van der Waals surface area contributed by atoms with Crippen LogP contribution in [0, 0.1) is 5.82 Å². The number of nitrogens with one attached hydrogen (secondary N) is 1. The Morgan fingerprint density at radius 2 is 2.18 bits per heavy atom. The summed E-state index contributed by atoms with van der Waals surface area (Å²) in [5, 5.41) is 3.42. The number of ether oxygens (including phenoxy) is 1. The van der Waals surface area contributed by atoms with E-state index in [1.807, 2.05) is 12.1 Å². The second-order valence-corrected chi connectivity index (χ2v) is 4.55. The molecule has 1 heterocycles. The molecule has 0 amide bonds. The van der Waals surface area contributed by atoms with Crippen LogP contribution in [0.15, 0.2) is 24.3 Å². The zero-order valence-electron chi connectivity index (χ0n) is 10.2. The number of halogens is 1. The van der Waals surface area contributed by atoms with Crippen molar-refractivity contribution in [2.45, 2.75) is 12.6 Å². The quantitative estimate of drug-likeness (QED) is 0.854. The Hall–Kier alpha value is -0.970. The summed E-state index contributed by atoms with van der Waals surface area (Å²) in [7, 11) is 2.07. The van der Waals surface area contributed by atoms with Gasteiger partial charge in [-0.3, -0.25) is 0 Å². The van der Waals surface area contributed by atoms with Gasteiger partial charge in [-0.05, 0) is 24.7 Å². The van der Waals surface area contributed by atoms with Crippen molar-refractivity contribution >= 4 is 0 Å². The molecule has 0 aromatic heterocycles. The van der Waals surface area contributed by atoms with Gasteiger partial charge in [0, 0.05) is 25.7 Å². The lowest BCUT2D eigenvalue weighted by Crippen LogP contribution is -2.47. The van der Waals surface area contributed by atoms with Crippen LogP contribution in [0.5, 0.6) is 0 Å². The van der Waals surface area contributed by atoms with Crippen LogP contribution in [0.1, 0.15) is 5.56 Å². The van der Waals surface area contributed by atoms with E-state index < -0.39 is 0 Å². The van der Waals surface area contributed by atoms with E-state index in [1.165, 1.54) is 12.1 Å². The number of rotatable bonds is 4. The van der Waals surface area contributed by atoms with Gasteiger partial charge in [-0.15, -0.1) is 0 Å². The third kappa shape index (κ3) is 4.07. The number of nitrogens with zero attached hydrogens (tertiary/aromatic N) is 1. The zero-order valence-corrected chi connectivity index (χ0v) is 10.2. The highest BCUT2D eigenvalue weighted by molar-refractivity contribution is 5.15. The van der Waals surface area contributed by atoms with Crippen LogP contribution in [0.2, 0.25) is 0 Å². The second kappa shape index (κ2) is 6.10. The summed E-state index contributed by atoms with van der Waals surface area (Å²) in [6, 6.07) is 7.07. The number of hydrogen-bond acceptors (Lipinski definition) is 3. The normalized spacial score (nSPS) is 20.8. The molecule has 0 saturated carbocycles. The molecule has 1 aromatic rings. The molecular weight excluding hydrogens is 219 g/mol. The first-order valence-electron chi connectivity index (χ1n) is 5.98. The van der Waals surface area contributed by atoms with Gasteiger partial charge in [-0.25, -0.2) is 4.39 Å². The molecule has 1 atom stereocenters. The number of morpholine rings is 1. The van der Waals surface area contributed by atoms with E-state index in [9.17, 15) is 4.39 Å². The van der Waals surface area contributed by atoms with Crippen molar-refractivity contribution in [2.75, 3.05) is 33.4 Å². The highest BCUT2D eigenvalue weighted by Gasteiger charge is 2.14. The third-order valence-corrected chi connectivity index (χ3v) is 2.90. The minimum absolute atomic E-state index is 0.182. The van der Waals surface area contributed by atoms with Gasteiger partial charge >= 0.3 is 0 Å². The fraction of sp³-hybridized carbons (Fsp3) is 0.538. The van der Waals surface area contributed by atoms with Gasteiger partial charge in [-0.2, -0.15) is 0 Å².